The summed E-state index contributed by atoms with van der Waals surface area (Å²) in [4.78, 5) is 14.6. The zero-order valence-electron chi connectivity index (χ0n) is 13.2. The molecule has 4 heteroatoms. The van der Waals surface area contributed by atoms with Gasteiger partial charge in [-0.15, -0.1) is 0 Å². The molecule has 2 fully saturated rings. The Labute approximate surface area is 123 Å². The fourth-order valence-electron chi connectivity index (χ4n) is 3.57. The molecular weight excluding hydrogens is 250 g/mol. The van der Waals surface area contributed by atoms with Crippen LogP contribution in [-0.4, -0.2) is 49.6 Å². The van der Waals surface area contributed by atoms with E-state index in [1.54, 1.807) is 0 Å². The topological polar surface area (TPSA) is 44.4 Å². The highest BCUT2D eigenvalue weighted by Gasteiger charge is 2.25. The first-order valence-electron chi connectivity index (χ1n) is 8.42. The third-order valence-corrected chi connectivity index (χ3v) is 5.12. The molecule has 2 unspecified atom stereocenters. The lowest BCUT2D eigenvalue weighted by Gasteiger charge is -2.29. The third kappa shape index (κ3) is 4.45. The van der Waals surface area contributed by atoms with Gasteiger partial charge in [-0.25, -0.2) is 0 Å². The van der Waals surface area contributed by atoms with Gasteiger partial charge in [-0.2, -0.15) is 0 Å². The highest BCUT2D eigenvalue weighted by molar-refractivity contribution is 5.81. The molecule has 20 heavy (non-hydrogen) atoms. The van der Waals surface area contributed by atoms with E-state index in [9.17, 15) is 4.79 Å². The molecule has 2 rings (SSSR count). The third-order valence-electron chi connectivity index (χ3n) is 5.12. The zero-order valence-corrected chi connectivity index (χ0v) is 13.2. The van der Waals surface area contributed by atoms with Crippen LogP contribution in [0.4, 0.5) is 0 Å². The lowest BCUT2D eigenvalue weighted by Crippen LogP contribution is -2.50. The number of nitrogens with zero attached hydrogens (tertiary/aromatic N) is 1. The van der Waals surface area contributed by atoms with Crippen LogP contribution in [0, 0.1) is 5.92 Å². The highest BCUT2D eigenvalue weighted by Crippen LogP contribution is 2.22. The van der Waals surface area contributed by atoms with Gasteiger partial charge < -0.3 is 15.5 Å². The van der Waals surface area contributed by atoms with Gasteiger partial charge in [-0.05, 0) is 45.2 Å². The second kappa shape index (κ2) is 7.99. The number of likely N-dealkylation sites (N-methyl/N-ethyl adjacent to an activating group) is 1. The van der Waals surface area contributed by atoms with Crippen LogP contribution in [0.3, 0.4) is 0 Å². The van der Waals surface area contributed by atoms with Crippen molar-refractivity contribution in [3.63, 3.8) is 0 Å². The molecule has 1 saturated heterocycles. The van der Waals surface area contributed by atoms with Crippen molar-refractivity contribution in [2.24, 2.45) is 5.92 Å². The van der Waals surface area contributed by atoms with Crippen molar-refractivity contribution in [1.82, 2.24) is 15.5 Å². The van der Waals surface area contributed by atoms with Crippen LogP contribution in [0.25, 0.3) is 0 Å². The van der Waals surface area contributed by atoms with E-state index in [1.165, 1.54) is 38.5 Å². The van der Waals surface area contributed by atoms with E-state index in [0.29, 0.717) is 5.92 Å². The molecule has 1 aliphatic heterocycles. The lowest BCUT2D eigenvalue weighted by molar-refractivity contribution is -0.124. The maximum absolute atomic E-state index is 12.2. The Morgan fingerprint density at radius 2 is 2.05 bits per heavy atom. The van der Waals surface area contributed by atoms with Crippen LogP contribution in [0.1, 0.15) is 51.9 Å². The summed E-state index contributed by atoms with van der Waals surface area (Å²) in [7, 11) is 2.19. The molecular formula is C16H31N3O. The molecule has 116 valence electrons. The Morgan fingerprint density at radius 1 is 1.30 bits per heavy atom. The first kappa shape index (κ1) is 15.8. The molecule has 2 aliphatic rings. The second-order valence-electron chi connectivity index (χ2n) is 6.52. The molecule has 0 spiro atoms. The molecule has 0 aromatic carbocycles. The number of carbonyl (C=O) groups excluding carboxylic acids is 1. The molecule has 4 nitrogen and oxygen atoms in total. The predicted octanol–water partition coefficient (Wildman–Crippen LogP) is 1.76. The lowest BCUT2D eigenvalue weighted by atomic mass is 9.90. The van der Waals surface area contributed by atoms with Crippen LogP contribution in [-0.2, 0) is 4.79 Å². The van der Waals surface area contributed by atoms with Crippen molar-refractivity contribution < 1.29 is 4.79 Å². The Bertz CT molecular complexity index is 302. The first-order valence-corrected chi connectivity index (χ1v) is 8.42. The van der Waals surface area contributed by atoms with Crippen molar-refractivity contribution in [3.8, 4) is 0 Å². The highest BCUT2D eigenvalue weighted by atomic mass is 16.2. The summed E-state index contributed by atoms with van der Waals surface area (Å²) in [6.45, 7) is 4.96. The van der Waals surface area contributed by atoms with E-state index >= 15 is 0 Å². The Hall–Kier alpha value is -0.610. The van der Waals surface area contributed by atoms with E-state index in [-0.39, 0.29) is 11.9 Å². The first-order chi connectivity index (χ1) is 9.70. The molecule has 0 radical (unpaired) electrons. The fourth-order valence-corrected chi connectivity index (χ4v) is 3.57. The van der Waals surface area contributed by atoms with E-state index in [1.807, 2.05) is 0 Å². The zero-order chi connectivity index (χ0) is 14.4. The van der Waals surface area contributed by atoms with Crippen LogP contribution in [0.5, 0.6) is 0 Å². The van der Waals surface area contributed by atoms with E-state index in [0.717, 1.165) is 32.1 Å². The number of hydrogen-bond acceptors (Lipinski definition) is 3. The van der Waals surface area contributed by atoms with Crippen LogP contribution in [0.15, 0.2) is 0 Å². The van der Waals surface area contributed by atoms with Crippen molar-refractivity contribution in [2.45, 2.75) is 64.0 Å². The number of nitrogens with one attached hydrogen (secondary N) is 2. The molecule has 1 amide bonds. The van der Waals surface area contributed by atoms with Gasteiger partial charge in [0, 0.05) is 19.1 Å². The minimum absolute atomic E-state index is 0.0329. The molecule has 0 bridgehead atoms. The van der Waals surface area contributed by atoms with Crippen LogP contribution in [0.2, 0.25) is 0 Å². The second-order valence-corrected chi connectivity index (χ2v) is 6.52. The summed E-state index contributed by atoms with van der Waals surface area (Å²) in [5.41, 5.74) is 0. The van der Waals surface area contributed by atoms with Crippen LogP contribution >= 0.6 is 0 Å². The van der Waals surface area contributed by atoms with E-state index in [4.69, 9.17) is 0 Å². The largest absolute Gasteiger partial charge is 0.353 e. The summed E-state index contributed by atoms with van der Waals surface area (Å²) in [5, 5.41) is 6.46. The van der Waals surface area contributed by atoms with Gasteiger partial charge in [0.2, 0.25) is 5.91 Å². The van der Waals surface area contributed by atoms with Gasteiger partial charge in [0.15, 0.2) is 0 Å². The van der Waals surface area contributed by atoms with Gasteiger partial charge in [0.1, 0.15) is 0 Å². The quantitative estimate of drug-likeness (QED) is 0.780. The minimum atomic E-state index is 0.0329. The van der Waals surface area contributed by atoms with Gasteiger partial charge in [0.05, 0.1) is 6.04 Å². The summed E-state index contributed by atoms with van der Waals surface area (Å²) in [5.74, 6) is 0.913. The maximum Gasteiger partial charge on any atom is 0.237 e. The molecule has 2 N–H and O–H groups in total. The number of amides is 1. The standard InChI is InChI=1S/C16H31N3O/c1-3-13-8-9-17-15(12-13)16(20)18-10-11-19(2)14-6-4-5-7-14/h13-15,17H,3-12H2,1-2H3,(H,18,20). The van der Waals surface area contributed by atoms with Gasteiger partial charge in [-0.1, -0.05) is 26.2 Å². The normalized spacial score (nSPS) is 27.9. The molecule has 0 aromatic rings. The van der Waals surface area contributed by atoms with E-state index in [2.05, 4.69) is 29.5 Å². The minimum Gasteiger partial charge on any atom is -0.353 e. The summed E-state index contributed by atoms with van der Waals surface area (Å²) < 4.78 is 0. The molecule has 0 aromatic heterocycles. The molecule has 1 heterocycles. The molecule has 2 atom stereocenters. The average Bonchev–Trinajstić information content (AvgIpc) is 3.01. The van der Waals surface area contributed by atoms with Gasteiger partial charge in [0.25, 0.3) is 0 Å². The van der Waals surface area contributed by atoms with Crippen molar-refractivity contribution in [1.29, 1.82) is 0 Å². The summed E-state index contributed by atoms with van der Waals surface area (Å²) >= 11 is 0. The van der Waals surface area contributed by atoms with Crippen molar-refractivity contribution >= 4 is 5.91 Å². The average molecular weight is 281 g/mol. The predicted molar refractivity (Wildman–Crippen MR) is 82.7 cm³/mol. The Balaban J connectivity index is 1.64. The number of carbonyl (C=O) groups is 1. The SMILES string of the molecule is CCC1CCNC(C(=O)NCCN(C)C2CCCC2)C1. The number of hydrogen-bond donors (Lipinski definition) is 2. The number of rotatable bonds is 6. The van der Waals surface area contributed by atoms with Gasteiger partial charge in [-0.3, -0.25) is 4.79 Å². The summed E-state index contributed by atoms with van der Waals surface area (Å²) in [6.07, 6.45) is 8.79. The Morgan fingerprint density at radius 3 is 2.75 bits per heavy atom. The van der Waals surface area contributed by atoms with Crippen LogP contribution < -0.4 is 10.6 Å². The monoisotopic (exact) mass is 281 g/mol. The van der Waals surface area contributed by atoms with Crippen molar-refractivity contribution in [2.75, 3.05) is 26.7 Å². The summed E-state index contributed by atoms with van der Waals surface area (Å²) in [6, 6.07) is 0.773. The Kier molecular flexibility index (Phi) is 6.30. The van der Waals surface area contributed by atoms with Crippen molar-refractivity contribution in [3.05, 3.63) is 0 Å². The smallest absolute Gasteiger partial charge is 0.237 e. The van der Waals surface area contributed by atoms with Gasteiger partial charge >= 0.3 is 0 Å². The molecule has 1 aliphatic carbocycles. The van der Waals surface area contributed by atoms with E-state index < -0.39 is 0 Å². The number of piperidine rings is 1. The fraction of sp³-hybridized carbons (Fsp3) is 0.938. The molecule has 1 saturated carbocycles. The maximum atomic E-state index is 12.2.